The maximum Gasteiger partial charge on any atom is 0.247 e. The number of hydrogen-bond donors (Lipinski definition) is 2. The van der Waals surface area contributed by atoms with Crippen molar-refractivity contribution in [3.05, 3.63) is 59.9 Å². The Morgan fingerprint density at radius 2 is 1.91 bits per heavy atom. The van der Waals surface area contributed by atoms with Crippen molar-refractivity contribution in [3.63, 3.8) is 0 Å². The highest BCUT2D eigenvalue weighted by Gasteiger charge is 2.31. The summed E-state index contributed by atoms with van der Waals surface area (Å²) in [6, 6.07) is 12.4. The molecule has 6 nitrogen and oxygen atoms in total. The van der Waals surface area contributed by atoms with Gasteiger partial charge in [-0.15, -0.1) is 0 Å². The van der Waals surface area contributed by atoms with E-state index in [0.29, 0.717) is 6.04 Å². The van der Waals surface area contributed by atoms with E-state index in [1.54, 1.807) is 12.4 Å². The number of pyridine rings is 1. The molecule has 2 fully saturated rings. The molecule has 2 atom stereocenters. The third-order valence-corrected chi connectivity index (χ3v) is 5.96. The Kier molecular flexibility index (Phi) is 8.02. The first-order valence-corrected chi connectivity index (χ1v) is 11.5. The number of hydrogen-bond acceptors (Lipinski definition) is 5. The molecule has 1 amide bonds. The topological polar surface area (TPSA) is 74.3 Å². The summed E-state index contributed by atoms with van der Waals surface area (Å²) >= 11 is 0. The Morgan fingerprint density at radius 1 is 1.19 bits per heavy atom. The lowest BCUT2D eigenvalue weighted by atomic mass is 9.87. The van der Waals surface area contributed by atoms with Gasteiger partial charge in [0.2, 0.25) is 5.91 Å². The minimum atomic E-state index is -0.380. The highest BCUT2D eigenvalue weighted by molar-refractivity contribution is 5.87. The summed E-state index contributed by atoms with van der Waals surface area (Å²) in [6.07, 6.45) is 8.83. The van der Waals surface area contributed by atoms with Gasteiger partial charge in [0.05, 0.1) is 6.04 Å². The Morgan fingerprint density at radius 3 is 2.38 bits per heavy atom. The largest absolute Gasteiger partial charge is 0.359 e. The summed E-state index contributed by atoms with van der Waals surface area (Å²) in [5.41, 5.74) is 3.32. The minimum absolute atomic E-state index is 0.0397. The lowest BCUT2D eigenvalue weighted by Crippen LogP contribution is -2.39. The molecule has 0 spiro atoms. The van der Waals surface area contributed by atoms with Gasteiger partial charge in [0.1, 0.15) is 12.3 Å². The van der Waals surface area contributed by atoms with Crippen LogP contribution in [0.1, 0.15) is 63.6 Å². The molecule has 0 bridgehead atoms. The van der Waals surface area contributed by atoms with E-state index in [4.69, 9.17) is 0 Å². The number of anilines is 1. The Balaban J connectivity index is 0.000000352. The molecule has 2 heterocycles. The predicted octanol–water partition coefficient (Wildman–Crippen LogP) is 3.77. The fourth-order valence-electron chi connectivity index (χ4n) is 3.77. The van der Waals surface area contributed by atoms with Gasteiger partial charge in [-0.3, -0.25) is 9.78 Å². The van der Waals surface area contributed by atoms with Crippen molar-refractivity contribution >= 4 is 17.9 Å². The van der Waals surface area contributed by atoms with Gasteiger partial charge in [-0.2, -0.15) is 0 Å². The van der Waals surface area contributed by atoms with Crippen LogP contribution in [0.4, 0.5) is 5.69 Å². The van der Waals surface area contributed by atoms with Gasteiger partial charge in [0, 0.05) is 36.7 Å². The van der Waals surface area contributed by atoms with E-state index in [9.17, 15) is 9.59 Å². The molecule has 2 unspecified atom stereocenters. The van der Waals surface area contributed by atoms with Crippen LogP contribution in [0.3, 0.4) is 0 Å². The van der Waals surface area contributed by atoms with Crippen LogP contribution in [-0.4, -0.2) is 42.9 Å². The highest BCUT2D eigenvalue weighted by Crippen LogP contribution is 2.30. The summed E-state index contributed by atoms with van der Waals surface area (Å²) < 4.78 is 0. The average Bonchev–Trinajstić information content (AvgIpc) is 3.43. The van der Waals surface area contributed by atoms with Crippen molar-refractivity contribution in [2.45, 2.75) is 70.0 Å². The van der Waals surface area contributed by atoms with Gasteiger partial charge in [-0.25, -0.2) is 0 Å². The highest BCUT2D eigenvalue weighted by atomic mass is 16.2. The monoisotopic (exact) mass is 436 g/mol. The third kappa shape index (κ3) is 6.63. The van der Waals surface area contributed by atoms with E-state index >= 15 is 0 Å². The second kappa shape index (κ2) is 10.7. The van der Waals surface area contributed by atoms with Crippen LogP contribution < -0.4 is 15.5 Å². The zero-order chi connectivity index (χ0) is 23.1. The number of aromatic nitrogens is 1. The molecule has 1 aromatic heterocycles. The number of amides is 1. The molecular formula is C26H36N4O2. The van der Waals surface area contributed by atoms with Gasteiger partial charge in [0.15, 0.2) is 0 Å². The molecule has 1 aliphatic heterocycles. The van der Waals surface area contributed by atoms with Crippen LogP contribution >= 0.6 is 0 Å². The summed E-state index contributed by atoms with van der Waals surface area (Å²) in [7, 11) is 1.97. The molecule has 0 radical (unpaired) electrons. The van der Waals surface area contributed by atoms with Crippen molar-refractivity contribution in [2.24, 2.45) is 0 Å². The number of carbonyl (C=O) groups excluding carboxylic acids is 2. The first kappa shape index (κ1) is 23.9. The van der Waals surface area contributed by atoms with Gasteiger partial charge in [-0.05, 0) is 61.4 Å². The molecule has 1 aliphatic carbocycles. The van der Waals surface area contributed by atoms with Crippen molar-refractivity contribution in [3.8, 4) is 0 Å². The molecule has 1 saturated carbocycles. The molecule has 1 aromatic carbocycles. The zero-order valence-corrected chi connectivity index (χ0v) is 19.7. The molecule has 2 aromatic rings. The maximum atomic E-state index is 12.9. The van der Waals surface area contributed by atoms with Crippen molar-refractivity contribution in [2.75, 3.05) is 18.5 Å². The summed E-state index contributed by atoms with van der Waals surface area (Å²) in [5.74, 6) is 0.0397. The fraction of sp³-hybridized carbons (Fsp3) is 0.500. The quantitative estimate of drug-likeness (QED) is 0.675. The summed E-state index contributed by atoms with van der Waals surface area (Å²) in [4.78, 5) is 29.0. The van der Waals surface area contributed by atoms with Crippen LogP contribution in [-0.2, 0) is 15.0 Å². The molecule has 4 rings (SSSR count). The fourth-order valence-corrected chi connectivity index (χ4v) is 3.77. The van der Waals surface area contributed by atoms with E-state index in [1.807, 2.05) is 24.1 Å². The molecule has 2 N–H and O–H groups in total. The average molecular weight is 437 g/mol. The van der Waals surface area contributed by atoms with E-state index in [1.165, 1.54) is 5.56 Å². The van der Waals surface area contributed by atoms with Crippen molar-refractivity contribution < 1.29 is 9.59 Å². The molecular weight excluding hydrogens is 400 g/mol. The van der Waals surface area contributed by atoms with Crippen LogP contribution in [0.15, 0.2) is 48.8 Å². The van der Waals surface area contributed by atoms with E-state index in [2.05, 4.69) is 60.7 Å². The van der Waals surface area contributed by atoms with Gasteiger partial charge < -0.3 is 20.3 Å². The molecule has 6 heteroatoms. The Hall–Kier alpha value is -2.73. The summed E-state index contributed by atoms with van der Waals surface area (Å²) in [5, 5.41) is 6.17. The van der Waals surface area contributed by atoms with E-state index in [0.717, 1.165) is 49.8 Å². The third-order valence-electron chi connectivity index (χ3n) is 5.96. The standard InChI is InChI=1S/C21H27N3O.C5H9NO/c1-21(2,3)16-7-11-18(12-8-16)24(4)19(15-6-5-13-22-14-15)20(25)23-17-9-10-17;7-4-5-2-1-3-6-5/h5-8,11-14,17,19H,9-10H2,1-4H3,(H,23,25);4-6H,1-3H2. The number of nitrogens with zero attached hydrogens (tertiary/aromatic N) is 2. The smallest absolute Gasteiger partial charge is 0.247 e. The number of nitrogens with one attached hydrogen (secondary N) is 2. The SMILES string of the molecule is CN(c1ccc(C(C)(C)C)cc1)C(C(=O)NC1CC1)c1cccnc1.O=CC1CCCN1. The molecule has 172 valence electrons. The zero-order valence-electron chi connectivity index (χ0n) is 19.7. The molecule has 2 aliphatic rings. The van der Waals surface area contributed by atoms with E-state index < -0.39 is 0 Å². The van der Waals surface area contributed by atoms with Gasteiger partial charge in [-0.1, -0.05) is 39.0 Å². The van der Waals surface area contributed by atoms with Crippen molar-refractivity contribution in [1.29, 1.82) is 0 Å². The normalized spacial score (nSPS) is 18.8. The second-order valence-corrected chi connectivity index (χ2v) is 9.72. The maximum absolute atomic E-state index is 12.9. The number of aldehydes is 1. The van der Waals surface area contributed by atoms with Gasteiger partial charge in [0.25, 0.3) is 0 Å². The number of likely N-dealkylation sites (N-methyl/N-ethyl adjacent to an activating group) is 1. The first-order valence-electron chi connectivity index (χ1n) is 11.5. The lowest BCUT2D eigenvalue weighted by Gasteiger charge is -2.30. The van der Waals surface area contributed by atoms with E-state index in [-0.39, 0.29) is 23.4 Å². The Bertz CT molecular complexity index is 867. The van der Waals surface area contributed by atoms with Crippen LogP contribution in [0.25, 0.3) is 0 Å². The number of rotatable bonds is 6. The first-order chi connectivity index (χ1) is 15.3. The van der Waals surface area contributed by atoms with Crippen molar-refractivity contribution in [1.82, 2.24) is 15.6 Å². The summed E-state index contributed by atoms with van der Waals surface area (Å²) in [6.45, 7) is 7.62. The van der Waals surface area contributed by atoms with Crippen LogP contribution in [0.2, 0.25) is 0 Å². The number of benzene rings is 1. The lowest BCUT2D eigenvalue weighted by molar-refractivity contribution is -0.122. The van der Waals surface area contributed by atoms with Gasteiger partial charge >= 0.3 is 0 Å². The Labute approximate surface area is 191 Å². The second-order valence-electron chi connectivity index (χ2n) is 9.72. The number of carbonyl (C=O) groups is 2. The van der Waals surface area contributed by atoms with Crippen LogP contribution in [0, 0.1) is 0 Å². The predicted molar refractivity (Wildman–Crippen MR) is 129 cm³/mol. The van der Waals surface area contributed by atoms with Crippen LogP contribution in [0.5, 0.6) is 0 Å². The minimum Gasteiger partial charge on any atom is -0.359 e. The molecule has 1 saturated heterocycles. The molecule has 32 heavy (non-hydrogen) atoms.